The van der Waals surface area contributed by atoms with Crippen molar-refractivity contribution in [2.45, 2.75) is 20.4 Å². The minimum absolute atomic E-state index is 0.654. The third-order valence-electron chi connectivity index (χ3n) is 4.37. The summed E-state index contributed by atoms with van der Waals surface area (Å²) in [6, 6.07) is 9.89. The Morgan fingerprint density at radius 2 is 1.88 bits per heavy atom. The fourth-order valence-electron chi connectivity index (χ4n) is 3.00. The molecule has 0 atom stereocenters. The molecule has 0 bridgehead atoms. The first-order chi connectivity index (χ1) is 12.2. The molecule has 0 N–H and O–H groups in total. The SMILES string of the molecule is CCN(CC)c1nc2ncccc2n1Cc1ccc(OC)cc1OC. The summed E-state index contributed by atoms with van der Waals surface area (Å²) in [5.74, 6) is 2.51. The average molecular weight is 340 g/mol. The number of anilines is 1. The molecule has 0 fully saturated rings. The van der Waals surface area contributed by atoms with Gasteiger partial charge in [0.2, 0.25) is 5.95 Å². The topological polar surface area (TPSA) is 52.4 Å². The van der Waals surface area contributed by atoms with Crippen molar-refractivity contribution in [2.24, 2.45) is 0 Å². The zero-order chi connectivity index (χ0) is 17.8. The van der Waals surface area contributed by atoms with Gasteiger partial charge >= 0.3 is 0 Å². The summed E-state index contributed by atoms with van der Waals surface area (Å²) < 4.78 is 13.0. The van der Waals surface area contributed by atoms with Gasteiger partial charge in [0.15, 0.2) is 5.65 Å². The average Bonchev–Trinajstić information content (AvgIpc) is 3.01. The molecule has 0 radical (unpaired) electrons. The van der Waals surface area contributed by atoms with Crippen LogP contribution in [0.15, 0.2) is 36.5 Å². The van der Waals surface area contributed by atoms with Gasteiger partial charge in [0.1, 0.15) is 11.5 Å². The fraction of sp³-hybridized carbons (Fsp3) is 0.368. The van der Waals surface area contributed by atoms with Crippen LogP contribution in [-0.2, 0) is 6.54 Å². The Balaban J connectivity index is 2.10. The van der Waals surface area contributed by atoms with Crippen molar-refractivity contribution in [3.63, 3.8) is 0 Å². The smallest absolute Gasteiger partial charge is 0.208 e. The molecule has 0 saturated carbocycles. The second-order valence-corrected chi connectivity index (χ2v) is 5.69. The van der Waals surface area contributed by atoms with Gasteiger partial charge in [0.05, 0.1) is 26.3 Å². The molecule has 0 saturated heterocycles. The molecular formula is C19H24N4O2. The van der Waals surface area contributed by atoms with Gasteiger partial charge in [-0.3, -0.25) is 0 Å². The third-order valence-corrected chi connectivity index (χ3v) is 4.37. The van der Waals surface area contributed by atoms with Crippen LogP contribution in [-0.4, -0.2) is 41.8 Å². The predicted molar refractivity (Wildman–Crippen MR) is 99.7 cm³/mol. The molecule has 0 aliphatic carbocycles. The Morgan fingerprint density at radius 1 is 1.08 bits per heavy atom. The van der Waals surface area contributed by atoms with Crippen molar-refractivity contribution in [3.8, 4) is 11.5 Å². The lowest BCUT2D eigenvalue weighted by molar-refractivity contribution is 0.390. The second kappa shape index (κ2) is 7.42. The maximum Gasteiger partial charge on any atom is 0.208 e. The fourth-order valence-corrected chi connectivity index (χ4v) is 3.00. The van der Waals surface area contributed by atoms with Crippen LogP contribution in [0.3, 0.4) is 0 Å². The monoisotopic (exact) mass is 340 g/mol. The lowest BCUT2D eigenvalue weighted by Crippen LogP contribution is -2.25. The summed E-state index contributed by atoms with van der Waals surface area (Å²) >= 11 is 0. The Morgan fingerprint density at radius 3 is 2.56 bits per heavy atom. The number of hydrogen-bond acceptors (Lipinski definition) is 5. The van der Waals surface area contributed by atoms with E-state index < -0.39 is 0 Å². The first-order valence-electron chi connectivity index (χ1n) is 8.48. The summed E-state index contributed by atoms with van der Waals surface area (Å²) in [4.78, 5) is 11.4. The number of pyridine rings is 1. The Bertz CT molecular complexity index is 856. The molecule has 0 spiro atoms. The van der Waals surface area contributed by atoms with Crippen molar-refractivity contribution in [1.29, 1.82) is 0 Å². The number of ether oxygens (including phenoxy) is 2. The molecule has 1 aromatic carbocycles. The quantitative estimate of drug-likeness (QED) is 0.660. The van der Waals surface area contributed by atoms with Gasteiger partial charge in [-0.2, -0.15) is 4.98 Å². The largest absolute Gasteiger partial charge is 0.497 e. The number of methoxy groups -OCH3 is 2. The first-order valence-corrected chi connectivity index (χ1v) is 8.48. The molecule has 3 aromatic rings. The van der Waals surface area contributed by atoms with E-state index in [0.29, 0.717) is 6.54 Å². The van der Waals surface area contributed by atoms with Crippen LogP contribution >= 0.6 is 0 Å². The number of rotatable bonds is 7. The van der Waals surface area contributed by atoms with E-state index in [9.17, 15) is 0 Å². The van der Waals surface area contributed by atoms with E-state index in [1.807, 2.05) is 24.3 Å². The van der Waals surface area contributed by atoms with E-state index in [1.54, 1.807) is 20.4 Å². The first kappa shape index (κ1) is 17.1. The molecule has 6 nitrogen and oxygen atoms in total. The van der Waals surface area contributed by atoms with E-state index >= 15 is 0 Å². The second-order valence-electron chi connectivity index (χ2n) is 5.69. The van der Waals surface area contributed by atoms with Gasteiger partial charge < -0.3 is 18.9 Å². The highest BCUT2D eigenvalue weighted by Crippen LogP contribution is 2.29. The van der Waals surface area contributed by atoms with Crippen LogP contribution in [0, 0.1) is 0 Å². The number of hydrogen-bond donors (Lipinski definition) is 0. The molecule has 132 valence electrons. The van der Waals surface area contributed by atoms with Crippen LogP contribution in [0.5, 0.6) is 11.5 Å². The van der Waals surface area contributed by atoms with E-state index in [-0.39, 0.29) is 0 Å². The molecule has 25 heavy (non-hydrogen) atoms. The van der Waals surface area contributed by atoms with Crippen molar-refractivity contribution in [3.05, 3.63) is 42.1 Å². The van der Waals surface area contributed by atoms with Gasteiger partial charge in [-0.1, -0.05) is 0 Å². The van der Waals surface area contributed by atoms with Crippen molar-refractivity contribution >= 4 is 17.1 Å². The maximum absolute atomic E-state index is 5.56. The molecule has 0 unspecified atom stereocenters. The van der Waals surface area contributed by atoms with Crippen LogP contribution in [0.25, 0.3) is 11.2 Å². The van der Waals surface area contributed by atoms with E-state index in [1.165, 1.54) is 0 Å². The molecule has 2 aromatic heterocycles. The normalized spacial score (nSPS) is 10.9. The lowest BCUT2D eigenvalue weighted by atomic mass is 10.2. The van der Waals surface area contributed by atoms with Gasteiger partial charge in [-0.25, -0.2) is 4.98 Å². The van der Waals surface area contributed by atoms with Crippen LogP contribution in [0.4, 0.5) is 5.95 Å². The molecule has 2 heterocycles. The molecule has 0 amide bonds. The van der Waals surface area contributed by atoms with Gasteiger partial charge in [0, 0.05) is 30.9 Å². The molecular weight excluding hydrogens is 316 g/mol. The summed E-state index contributed by atoms with van der Waals surface area (Å²) in [6.45, 7) is 6.70. The minimum Gasteiger partial charge on any atom is -0.497 e. The zero-order valence-electron chi connectivity index (χ0n) is 15.2. The van der Waals surface area contributed by atoms with Gasteiger partial charge in [0.25, 0.3) is 0 Å². The van der Waals surface area contributed by atoms with Gasteiger partial charge in [-0.05, 0) is 38.1 Å². The Labute approximate surface area is 148 Å². The van der Waals surface area contributed by atoms with Crippen LogP contribution in [0.1, 0.15) is 19.4 Å². The number of fused-ring (bicyclic) bond motifs is 1. The highest BCUT2D eigenvalue weighted by Gasteiger charge is 2.17. The maximum atomic E-state index is 5.56. The van der Waals surface area contributed by atoms with E-state index in [4.69, 9.17) is 14.5 Å². The Hall–Kier alpha value is -2.76. The number of aromatic nitrogens is 3. The molecule has 0 aliphatic rings. The molecule has 3 rings (SSSR count). The van der Waals surface area contributed by atoms with E-state index in [2.05, 4.69) is 34.4 Å². The zero-order valence-corrected chi connectivity index (χ0v) is 15.2. The van der Waals surface area contributed by atoms with Crippen molar-refractivity contribution in [1.82, 2.24) is 14.5 Å². The third kappa shape index (κ3) is 3.24. The van der Waals surface area contributed by atoms with Crippen molar-refractivity contribution in [2.75, 3.05) is 32.2 Å². The number of benzene rings is 1. The van der Waals surface area contributed by atoms with Gasteiger partial charge in [-0.15, -0.1) is 0 Å². The standard InChI is InChI=1S/C19H24N4O2/c1-5-22(6-2)19-21-18-16(8-7-11-20-18)23(19)13-14-9-10-15(24-3)12-17(14)25-4/h7-12H,5-6,13H2,1-4H3. The summed E-state index contributed by atoms with van der Waals surface area (Å²) in [7, 11) is 3.33. The lowest BCUT2D eigenvalue weighted by Gasteiger charge is -2.22. The van der Waals surface area contributed by atoms with Crippen LogP contribution < -0.4 is 14.4 Å². The summed E-state index contributed by atoms with van der Waals surface area (Å²) in [6.07, 6.45) is 1.78. The molecule has 6 heteroatoms. The Kier molecular flexibility index (Phi) is 5.07. The predicted octanol–water partition coefficient (Wildman–Crippen LogP) is 3.34. The summed E-state index contributed by atoms with van der Waals surface area (Å²) in [5.41, 5.74) is 2.85. The van der Waals surface area contributed by atoms with Crippen molar-refractivity contribution < 1.29 is 9.47 Å². The van der Waals surface area contributed by atoms with Crippen LogP contribution in [0.2, 0.25) is 0 Å². The highest BCUT2D eigenvalue weighted by molar-refractivity contribution is 5.75. The van der Waals surface area contributed by atoms with E-state index in [0.717, 1.165) is 47.3 Å². The molecule has 0 aliphatic heterocycles. The summed E-state index contributed by atoms with van der Waals surface area (Å²) in [5, 5.41) is 0. The minimum atomic E-state index is 0.654. The number of imidazole rings is 1. The number of nitrogens with zero attached hydrogens (tertiary/aromatic N) is 4. The highest BCUT2D eigenvalue weighted by atomic mass is 16.5.